The van der Waals surface area contributed by atoms with Gasteiger partial charge in [0.1, 0.15) is 0 Å². The van der Waals surface area contributed by atoms with Gasteiger partial charge in [-0.15, -0.1) is 0 Å². The van der Waals surface area contributed by atoms with E-state index >= 15 is 0 Å². The van der Waals surface area contributed by atoms with Gasteiger partial charge in [0.15, 0.2) is 0 Å². The molecule has 0 radical (unpaired) electrons. The number of hydrogen-bond acceptors (Lipinski definition) is 2. The first-order valence-electron chi connectivity index (χ1n) is 6.40. The summed E-state index contributed by atoms with van der Waals surface area (Å²) in [6.07, 6.45) is 1.79. The Bertz CT molecular complexity index is 446. The number of anilines is 1. The van der Waals surface area contributed by atoms with Crippen molar-refractivity contribution in [3.63, 3.8) is 0 Å². The van der Waals surface area contributed by atoms with Gasteiger partial charge in [-0.05, 0) is 25.0 Å². The van der Waals surface area contributed by atoms with Crippen molar-refractivity contribution < 1.29 is 14.7 Å². The molecule has 0 spiro atoms. The fraction of sp³-hybridized carbons (Fsp3) is 0.429. The van der Waals surface area contributed by atoms with Gasteiger partial charge in [-0.25, -0.2) is 4.79 Å². The van der Waals surface area contributed by atoms with Crippen LogP contribution < -0.4 is 10.6 Å². The molecule has 0 saturated heterocycles. The van der Waals surface area contributed by atoms with Crippen LogP contribution >= 0.6 is 0 Å². The maximum Gasteiger partial charge on any atom is 0.319 e. The van der Waals surface area contributed by atoms with Crippen molar-refractivity contribution in [2.45, 2.75) is 39.2 Å². The number of rotatable bonds is 6. The number of benzene rings is 1. The van der Waals surface area contributed by atoms with E-state index in [1.165, 1.54) is 0 Å². The molecule has 3 N–H and O–H groups in total. The summed E-state index contributed by atoms with van der Waals surface area (Å²) >= 11 is 0. The number of carbonyl (C=O) groups excluding carboxylic acids is 1. The molecular formula is C14H20N2O3. The zero-order valence-electron chi connectivity index (χ0n) is 11.3. The number of carboxylic acids is 1. The number of amides is 2. The fourth-order valence-corrected chi connectivity index (χ4v) is 1.85. The van der Waals surface area contributed by atoms with E-state index in [4.69, 9.17) is 5.11 Å². The minimum atomic E-state index is -0.922. The van der Waals surface area contributed by atoms with Crippen LogP contribution in [0.5, 0.6) is 0 Å². The van der Waals surface area contributed by atoms with Crippen molar-refractivity contribution in [2.75, 3.05) is 5.32 Å². The largest absolute Gasteiger partial charge is 0.481 e. The van der Waals surface area contributed by atoms with E-state index in [2.05, 4.69) is 17.6 Å². The van der Waals surface area contributed by atoms with Gasteiger partial charge in [0.25, 0.3) is 0 Å². The number of nitrogens with one attached hydrogen (secondary N) is 2. The molecule has 0 aliphatic carbocycles. The van der Waals surface area contributed by atoms with Crippen LogP contribution in [0.15, 0.2) is 24.3 Å². The van der Waals surface area contributed by atoms with Gasteiger partial charge in [0, 0.05) is 11.7 Å². The zero-order valence-corrected chi connectivity index (χ0v) is 11.3. The Hall–Kier alpha value is -2.04. The minimum Gasteiger partial charge on any atom is -0.481 e. The zero-order chi connectivity index (χ0) is 14.3. The third-order valence-corrected chi connectivity index (χ3v) is 2.71. The quantitative estimate of drug-likeness (QED) is 0.739. The first-order chi connectivity index (χ1) is 9.02. The lowest BCUT2D eigenvalue weighted by atomic mass is 10.1. The summed E-state index contributed by atoms with van der Waals surface area (Å²) in [5, 5.41) is 14.3. The maximum absolute atomic E-state index is 11.8. The van der Waals surface area contributed by atoms with Gasteiger partial charge in [0.05, 0.1) is 6.42 Å². The lowest BCUT2D eigenvalue weighted by Gasteiger charge is -2.15. The highest BCUT2D eigenvalue weighted by molar-refractivity contribution is 5.91. The molecule has 2 amide bonds. The van der Waals surface area contributed by atoms with Gasteiger partial charge < -0.3 is 15.7 Å². The average Bonchev–Trinajstić information content (AvgIpc) is 2.31. The smallest absolute Gasteiger partial charge is 0.319 e. The number of para-hydroxylation sites is 1. The van der Waals surface area contributed by atoms with Gasteiger partial charge in [0.2, 0.25) is 0 Å². The highest BCUT2D eigenvalue weighted by Gasteiger charge is 2.10. The van der Waals surface area contributed by atoms with Crippen molar-refractivity contribution in [3.8, 4) is 0 Å². The molecular weight excluding hydrogens is 244 g/mol. The lowest BCUT2D eigenvalue weighted by Crippen LogP contribution is -2.36. The third kappa shape index (κ3) is 5.42. The SMILES string of the molecule is CCCC(C)NC(=O)Nc1ccccc1CC(=O)O. The summed E-state index contributed by atoms with van der Waals surface area (Å²) in [6, 6.07) is 6.69. The van der Waals surface area contributed by atoms with Crippen molar-refractivity contribution in [2.24, 2.45) is 0 Å². The summed E-state index contributed by atoms with van der Waals surface area (Å²) in [5.74, 6) is -0.922. The molecule has 0 saturated carbocycles. The number of urea groups is 1. The van der Waals surface area contributed by atoms with Crippen LogP contribution in [0.2, 0.25) is 0 Å². The van der Waals surface area contributed by atoms with Crippen LogP contribution in [-0.4, -0.2) is 23.1 Å². The average molecular weight is 264 g/mol. The second-order valence-electron chi connectivity index (χ2n) is 4.52. The first kappa shape index (κ1) is 15.0. The van der Waals surface area contributed by atoms with Crippen LogP contribution in [0.3, 0.4) is 0 Å². The molecule has 0 fully saturated rings. The summed E-state index contributed by atoms with van der Waals surface area (Å²) in [4.78, 5) is 22.5. The second-order valence-corrected chi connectivity index (χ2v) is 4.52. The van der Waals surface area contributed by atoms with Gasteiger partial charge >= 0.3 is 12.0 Å². The first-order valence-corrected chi connectivity index (χ1v) is 6.40. The van der Waals surface area contributed by atoms with Crippen LogP contribution in [-0.2, 0) is 11.2 Å². The topological polar surface area (TPSA) is 78.4 Å². The van der Waals surface area contributed by atoms with E-state index in [1.54, 1.807) is 24.3 Å². The van der Waals surface area contributed by atoms with Crippen LogP contribution in [0.1, 0.15) is 32.3 Å². The van der Waals surface area contributed by atoms with Crippen molar-refractivity contribution in [1.82, 2.24) is 5.32 Å². The Balaban J connectivity index is 2.65. The molecule has 1 aromatic rings. The Morgan fingerprint density at radius 1 is 1.32 bits per heavy atom. The highest BCUT2D eigenvalue weighted by Crippen LogP contribution is 2.15. The van der Waals surface area contributed by atoms with E-state index in [0.29, 0.717) is 11.3 Å². The Kier molecular flexibility index (Phi) is 5.85. The van der Waals surface area contributed by atoms with Crippen molar-refractivity contribution >= 4 is 17.7 Å². The van der Waals surface area contributed by atoms with Crippen LogP contribution in [0, 0.1) is 0 Å². The molecule has 1 atom stereocenters. The minimum absolute atomic E-state index is 0.0941. The Morgan fingerprint density at radius 2 is 2.00 bits per heavy atom. The van der Waals surface area contributed by atoms with Crippen LogP contribution in [0.25, 0.3) is 0 Å². The van der Waals surface area contributed by atoms with Gasteiger partial charge in [-0.2, -0.15) is 0 Å². The van der Waals surface area contributed by atoms with Crippen molar-refractivity contribution in [3.05, 3.63) is 29.8 Å². The van der Waals surface area contributed by atoms with E-state index in [-0.39, 0.29) is 18.5 Å². The number of aliphatic carboxylic acids is 1. The molecule has 0 heterocycles. The molecule has 0 aromatic heterocycles. The highest BCUT2D eigenvalue weighted by atomic mass is 16.4. The molecule has 0 bridgehead atoms. The molecule has 5 nitrogen and oxygen atoms in total. The summed E-state index contributed by atoms with van der Waals surface area (Å²) < 4.78 is 0. The molecule has 0 aliphatic rings. The van der Waals surface area contributed by atoms with E-state index in [1.807, 2.05) is 6.92 Å². The van der Waals surface area contributed by atoms with Gasteiger partial charge in [-0.3, -0.25) is 4.79 Å². The molecule has 1 rings (SSSR count). The standard InChI is InChI=1S/C14H20N2O3/c1-3-6-10(2)15-14(19)16-12-8-5-4-7-11(12)9-13(17)18/h4-5,7-8,10H,3,6,9H2,1-2H3,(H,17,18)(H2,15,16,19). The predicted octanol–water partition coefficient (Wildman–Crippen LogP) is 2.62. The number of carbonyl (C=O) groups is 2. The fourth-order valence-electron chi connectivity index (χ4n) is 1.85. The Labute approximate surface area is 113 Å². The third-order valence-electron chi connectivity index (χ3n) is 2.71. The summed E-state index contributed by atoms with van der Waals surface area (Å²) in [5.41, 5.74) is 1.12. The molecule has 1 aromatic carbocycles. The number of hydrogen-bond donors (Lipinski definition) is 3. The second kappa shape index (κ2) is 7.41. The number of carboxylic acid groups (broad SMARTS) is 1. The van der Waals surface area contributed by atoms with Crippen molar-refractivity contribution in [1.29, 1.82) is 0 Å². The molecule has 0 aliphatic heterocycles. The van der Waals surface area contributed by atoms with E-state index < -0.39 is 5.97 Å². The molecule has 19 heavy (non-hydrogen) atoms. The molecule has 1 unspecified atom stereocenters. The summed E-state index contributed by atoms with van der Waals surface area (Å²) in [7, 11) is 0. The van der Waals surface area contributed by atoms with E-state index in [0.717, 1.165) is 12.8 Å². The molecule has 104 valence electrons. The summed E-state index contributed by atoms with van der Waals surface area (Å²) in [6.45, 7) is 3.99. The lowest BCUT2D eigenvalue weighted by molar-refractivity contribution is -0.136. The maximum atomic E-state index is 11.8. The normalized spacial score (nSPS) is 11.7. The molecule has 5 heteroatoms. The van der Waals surface area contributed by atoms with Crippen LogP contribution in [0.4, 0.5) is 10.5 Å². The monoisotopic (exact) mass is 264 g/mol. The van der Waals surface area contributed by atoms with Gasteiger partial charge in [-0.1, -0.05) is 31.5 Å². The van der Waals surface area contributed by atoms with E-state index in [9.17, 15) is 9.59 Å². The predicted molar refractivity (Wildman–Crippen MR) is 74.3 cm³/mol. The Morgan fingerprint density at radius 3 is 2.63 bits per heavy atom.